The predicted molar refractivity (Wildman–Crippen MR) is 137 cm³/mol. The van der Waals surface area contributed by atoms with Crippen molar-refractivity contribution in [1.29, 1.82) is 0 Å². The molecule has 2 heterocycles. The molecule has 222 valence electrons. The molecule has 4 unspecified atom stereocenters. The van der Waals surface area contributed by atoms with Crippen LogP contribution in [0.4, 0.5) is 11.4 Å². The predicted octanol–water partition coefficient (Wildman–Crippen LogP) is -0.466. The van der Waals surface area contributed by atoms with Gasteiger partial charge >= 0.3 is 5.97 Å². The van der Waals surface area contributed by atoms with E-state index in [0.717, 1.165) is 37.3 Å². The van der Waals surface area contributed by atoms with Crippen molar-refractivity contribution >= 4 is 44.9 Å². The number of imide groups is 1. The van der Waals surface area contributed by atoms with E-state index in [4.69, 9.17) is 4.74 Å². The molecule has 1 saturated heterocycles. The van der Waals surface area contributed by atoms with E-state index < -0.39 is 90.9 Å². The zero-order valence-electron chi connectivity index (χ0n) is 21.7. The number of likely N-dealkylation sites (tertiary alicyclic amines) is 1. The van der Waals surface area contributed by atoms with Gasteiger partial charge in [-0.2, -0.15) is 0 Å². The first-order valence-corrected chi connectivity index (χ1v) is 13.9. The molecule has 0 bridgehead atoms. The van der Waals surface area contributed by atoms with Crippen molar-refractivity contribution < 1.29 is 52.4 Å². The third-order valence-electron chi connectivity index (χ3n) is 6.80. The number of carbonyl (C=O) groups excluding carboxylic acids is 4. The largest absolute Gasteiger partial charge is 0.459 e. The number of hydrogen-bond donors (Lipinski definition) is 2. The number of esters is 1. The lowest BCUT2D eigenvalue weighted by Crippen LogP contribution is -2.79. The van der Waals surface area contributed by atoms with E-state index in [1.165, 1.54) is 12.1 Å². The van der Waals surface area contributed by atoms with Crippen molar-refractivity contribution in [3.63, 3.8) is 0 Å². The average molecular weight is 607 g/mol. The number of nitro groups is 2. The number of sulfone groups is 1. The number of ether oxygens (including phenoxy) is 1. The van der Waals surface area contributed by atoms with Crippen molar-refractivity contribution in [2.45, 2.75) is 43.2 Å². The summed E-state index contributed by atoms with van der Waals surface area (Å²) in [7, 11) is -4.42. The van der Waals surface area contributed by atoms with Gasteiger partial charge < -0.3 is 19.8 Å². The van der Waals surface area contributed by atoms with Crippen molar-refractivity contribution in [3.8, 4) is 0 Å². The molecular formula is C24H22N4O13S. The van der Waals surface area contributed by atoms with E-state index in [1.807, 2.05) is 0 Å². The highest BCUT2D eigenvalue weighted by atomic mass is 32.2. The second-order valence-electron chi connectivity index (χ2n) is 9.59. The van der Waals surface area contributed by atoms with Gasteiger partial charge in [0.05, 0.1) is 27.1 Å². The Morgan fingerprint density at radius 1 is 0.976 bits per heavy atom. The number of aliphatic hydroxyl groups excluding tert-OH is 2. The van der Waals surface area contributed by atoms with E-state index in [1.54, 1.807) is 0 Å². The van der Waals surface area contributed by atoms with Crippen LogP contribution >= 0.6 is 0 Å². The first kappa shape index (κ1) is 30.2. The lowest BCUT2D eigenvalue weighted by atomic mass is 9.89. The second kappa shape index (κ2) is 10.9. The van der Waals surface area contributed by atoms with Gasteiger partial charge in [0.1, 0.15) is 18.7 Å². The van der Waals surface area contributed by atoms with Crippen LogP contribution in [0.5, 0.6) is 0 Å². The summed E-state index contributed by atoms with van der Waals surface area (Å²) in [6, 6.07) is 1.83. The van der Waals surface area contributed by atoms with Crippen LogP contribution in [0.2, 0.25) is 0 Å². The van der Waals surface area contributed by atoms with Crippen molar-refractivity contribution in [1.82, 2.24) is 9.80 Å². The molecule has 2 aliphatic rings. The SMILES string of the molecule is C[C@@H](O)C(C(=O)OCc1ccc([N+](=O)[O-])cc1)N1C(=O)C(N2C(=O)c3ccc([N+](=O)[O-])cc3C2=O)C1C(O)S(C)(=O)=O. The Labute approximate surface area is 236 Å². The number of fused-ring (bicyclic) bond motifs is 1. The molecule has 2 aliphatic heterocycles. The first-order valence-electron chi connectivity index (χ1n) is 12.0. The molecular weight excluding hydrogens is 584 g/mol. The fourth-order valence-electron chi connectivity index (χ4n) is 4.76. The van der Waals surface area contributed by atoms with Gasteiger partial charge in [0.15, 0.2) is 21.3 Å². The van der Waals surface area contributed by atoms with Crippen LogP contribution in [-0.2, 0) is 30.8 Å². The van der Waals surface area contributed by atoms with E-state index in [-0.39, 0.29) is 11.3 Å². The smallest absolute Gasteiger partial charge is 0.331 e. The van der Waals surface area contributed by atoms with E-state index in [9.17, 15) is 58.0 Å². The van der Waals surface area contributed by atoms with Crippen LogP contribution in [-0.4, -0.2) is 97.9 Å². The molecule has 18 heteroatoms. The summed E-state index contributed by atoms with van der Waals surface area (Å²) in [5.41, 5.74) is -3.65. The molecule has 3 amide bonds. The van der Waals surface area contributed by atoms with Gasteiger partial charge in [-0.25, -0.2) is 13.2 Å². The monoisotopic (exact) mass is 606 g/mol. The van der Waals surface area contributed by atoms with Crippen molar-refractivity contribution in [2.24, 2.45) is 0 Å². The quantitative estimate of drug-likeness (QED) is 0.114. The topological polar surface area (TPSA) is 245 Å². The van der Waals surface area contributed by atoms with Gasteiger partial charge in [-0.1, -0.05) is 0 Å². The number of carbonyl (C=O) groups is 4. The molecule has 2 aromatic rings. The standard InChI is InChI=1S/C24H22N4O13S/c1-11(29)17(23(33)41-10-12-3-5-13(6-4-12)27(35)36)25-19(24(34)42(2,39)40)18(22(25)32)26-20(30)15-8-7-14(28(37)38)9-16(15)21(26)31/h3-9,11,17-19,24,29,34H,10H2,1-2H3/t11-,17?,18?,19?,24?/m1/s1. The van der Waals surface area contributed by atoms with Crippen LogP contribution < -0.4 is 0 Å². The summed E-state index contributed by atoms with van der Waals surface area (Å²) in [5.74, 6) is -4.71. The van der Waals surface area contributed by atoms with E-state index in [2.05, 4.69) is 0 Å². The Hall–Kier alpha value is -4.81. The molecule has 2 N–H and O–H groups in total. The molecule has 0 radical (unpaired) electrons. The lowest BCUT2D eigenvalue weighted by molar-refractivity contribution is -0.385. The summed E-state index contributed by atoms with van der Waals surface area (Å²) in [4.78, 5) is 74.1. The van der Waals surface area contributed by atoms with E-state index in [0.29, 0.717) is 21.6 Å². The van der Waals surface area contributed by atoms with Gasteiger partial charge in [-0.3, -0.25) is 39.5 Å². The number of β-lactam (4-membered cyclic amide) rings is 1. The minimum Gasteiger partial charge on any atom is -0.459 e. The number of amides is 3. The van der Waals surface area contributed by atoms with Crippen molar-refractivity contribution in [3.05, 3.63) is 79.4 Å². The lowest BCUT2D eigenvalue weighted by Gasteiger charge is -2.53. The Balaban J connectivity index is 1.65. The molecule has 0 saturated carbocycles. The molecule has 0 aliphatic carbocycles. The number of aliphatic hydroxyl groups is 2. The Morgan fingerprint density at radius 3 is 2.05 bits per heavy atom. The third-order valence-corrected chi connectivity index (χ3v) is 7.96. The highest BCUT2D eigenvalue weighted by Gasteiger charge is 2.63. The van der Waals surface area contributed by atoms with Crippen LogP contribution in [0.3, 0.4) is 0 Å². The number of benzene rings is 2. The molecule has 1 fully saturated rings. The van der Waals surface area contributed by atoms with Gasteiger partial charge in [-0.15, -0.1) is 0 Å². The zero-order valence-corrected chi connectivity index (χ0v) is 22.5. The molecule has 0 aromatic heterocycles. The van der Waals surface area contributed by atoms with Crippen LogP contribution in [0.1, 0.15) is 33.2 Å². The normalized spacial score (nSPS) is 20.4. The van der Waals surface area contributed by atoms with Gasteiger partial charge in [0.2, 0.25) is 5.91 Å². The molecule has 5 atom stereocenters. The maximum Gasteiger partial charge on any atom is 0.331 e. The van der Waals surface area contributed by atoms with Gasteiger partial charge in [-0.05, 0) is 30.7 Å². The first-order chi connectivity index (χ1) is 19.6. The second-order valence-corrected chi connectivity index (χ2v) is 11.7. The van der Waals surface area contributed by atoms with Crippen LogP contribution in [0, 0.1) is 20.2 Å². The Bertz CT molecular complexity index is 1620. The van der Waals surface area contributed by atoms with Crippen molar-refractivity contribution in [2.75, 3.05) is 6.26 Å². The summed E-state index contributed by atoms with van der Waals surface area (Å²) >= 11 is 0. The Morgan fingerprint density at radius 2 is 1.52 bits per heavy atom. The number of hydrogen-bond acceptors (Lipinski definition) is 13. The number of non-ortho nitro benzene ring substituents is 2. The van der Waals surface area contributed by atoms with Crippen LogP contribution in [0.25, 0.3) is 0 Å². The summed E-state index contributed by atoms with van der Waals surface area (Å²) in [6.45, 7) is 0.603. The van der Waals surface area contributed by atoms with E-state index >= 15 is 0 Å². The fourth-order valence-corrected chi connectivity index (χ4v) is 5.54. The summed E-state index contributed by atoms with van der Waals surface area (Å²) in [5, 5.41) is 43.1. The number of nitro benzene ring substituents is 2. The summed E-state index contributed by atoms with van der Waals surface area (Å²) < 4.78 is 29.9. The summed E-state index contributed by atoms with van der Waals surface area (Å²) in [6.07, 6.45) is -1.11. The van der Waals surface area contributed by atoms with Crippen LogP contribution in [0.15, 0.2) is 42.5 Å². The molecule has 2 aromatic carbocycles. The third kappa shape index (κ3) is 5.17. The van der Waals surface area contributed by atoms with Gasteiger partial charge in [0.25, 0.3) is 23.2 Å². The fraction of sp³-hybridized carbons (Fsp3) is 0.333. The highest BCUT2D eigenvalue weighted by Crippen LogP contribution is 2.38. The molecule has 17 nitrogen and oxygen atoms in total. The Kier molecular flexibility index (Phi) is 7.81. The molecule has 42 heavy (non-hydrogen) atoms. The maximum atomic E-state index is 13.4. The minimum atomic E-state index is -4.42. The average Bonchev–Trinajstić information content (AvgIpc) is 3.16. The van der Waals surface area contributed by atoms with Gasteiger partial charge in [0, 0.05) is 30.5 Å². The molecule has 0 spiro atoms. The zero-order chi connectivity index (χ0) is 31.3. The minimum absolute atomic E-state index is 0.232. The highest BCUT2D eigenvalue weighted by molar-refractivity contribution is 7.91. The number of nitrogens with zero attached hydrogens (tertiary/aromatic N) is 4. The number of rotatable bonds is 10. The maximum absolute atomic E-state index is 13.4. The molecule has 4 rings (SSSR count).